The first kappa shape index (κ1) is 18.4. The van der Waals surface area contributed by atoms with Crippen LogP contribution in [0.5, 0.6) is 5.75 Å². The highest BCUT2D eigenvalue weighted by Gasteiger charge is 2.03. The molecule has 1 N–H and O–H groups in total. The minimum Gasteiger partial charge on any atom is -0.489 e. The predicted octanol–water partition coefficient (Wildman–Crippen LogP) is 6.99. The van der Waals surface area contributed by atoms with Gasteiger partial charge in [-0.05, 0) is 58.7 Å². The topological polar surface area (TPSA) is 21.3 Å². The van der Waals surface area contributed by atoms with Gasteiger partial charge in [-0.2, -0.15) is 0 Å². The van der Waals surface area contributed by atoms with Gasteiger partial charge in [-0.1, -0.05) is 72.3 Å². The van der Waals surface area contributed by atoms with Crippen molar-refractivity contribution in [2.75, 3.05) is 5.32 Å². The molecule has 0 radical (unpaired) electrons. The van der Waals surface area contributed by atoms with Gasteiger partial charge in [-0.15, -0.1) is 0 Å². The molecule has 0 saturated carbocycles. The van der Waals surface area contributed by atoms with Gasteiger partial charge >= 0.3 is 0 Å². The van der Waals surface area contributed by atoms with Gasteiger partial charge in [-0.25, -0.2) is 0 Å². The molecule has 0 fully saturated rings. The fourth-order valence-corrected chi connectivity index (χ4v) is 3.41. The lowest BCUT2D eigenvalue weighted by Crippen LogP contribution is -2.01. The summed E-state index contributed by atoms with van der Waals surface area (Å²) in [6.07, 6.45) is 0. The van der Waals surface area contributed by atoms with Crippen molar-refractivity contribution in [3.8, 4) is 5.75 Å². The van der Waals surface area contributed by atoms with Crippen LogP contribution in [-0.4, -0.2) is 0 Å². The average molecular weight is 388 g/mol. The van der Waals surface area contributed by atoms with Crippen molar-refractivity contribution in [3.05, 3.63) is 107 Å². The largest absolute Gasteiger partial charge is 0.489 e. The van der Waals surface area contributed by atoms with Gasteiger partial charge in [0.15, 0.2) is 0 Å². The Labute approximate surface area is 170 Å². The second kappa shape index (κ2) is 8.37. The van der Waals surface area contributed by atoms with Crippen molar-refractivity contribution in [2.45, 2.75) is 20.1 Å². The van der Waals surface area contributed by atoms with Crippen LogP contribution in [0.4, 0.5) is 5.69 Å². The number of anilines is 1. The van der Waals surface area contributed by atoms with Gasteiger partial charge < -0.3 is 10.1 Å². The first-order valence-corrected chi connectivity index (χ1v) is 9.75. The molecule has 140 valence electrons. The normalized spacial score (nSPS) is 10.8. The summed E-state index contributed by atoms with van der Waals surface area (Å²) >= 11 is 6.20. The second-order valence-electron chi connectivity index (χ2n) is 6.89. The van der Waals surface area contributed by atoms with Gasteiger partial charge in [0.1, 0.15) is 12.4 Å². The summed E-state index contributed by atoms with van der Waals surface area (Å²) in [5.41, 5.74) is 4.44. The van der Waals surface area contributed by atoms with Crippen LogP contribution in [0, 0.1) is 6.92 Å². The Balaban J connectivity index is 1.42. The molecular weight excluding hydrogens is 366 g/mol. The SMILES string of the molecule is Cc1ccc(NCc2cccc(OCc3cccc4ccccc34)c2)cc1Cl. The third-order valence-corrected chi connectivity index (χ3v) is 5.25. The number of aryl methyl sites for hydroxylation is 1. The predicted molar refractivity (Wildman–Crippen MR) is 118 cm³/mol. The minimum atomic E-state index is 0.547. The Morgan fingerprint density at radius 3 is 2.57 bits per heavy atom. The summed E-state index contributed by atoms with van der Waals surface area (Å²) in [7, 11) is 0. The Morgan fingerprint density at radius 1 is 0.857 bits per heavy atom. The number of fused-ring (bicyclic) bond motifs is 1. The molecule has 0 amide bonds. The Kier molecular flexibility index (Phi) is 5.50. The molecule has 0 aliphatic carbocycles. The van der Waals surface area contributed by atoms with Crippen LogP contribution < -0.4 is 10.1 Å². The first-order chi connectivity index (χ1) is 13.7. The second-order valence-corrected chi connectivity index (χ2v) is 7.30. The van der Waals surface area contributed by atoms with Gasteiger partial charge in [0.25, 0.3) is 0 Å². The summed E-state index contributed by atoms with van der Waals surface area (Å²) in [5.74, 6) is 0.870. The third kappa shape index (κ3) is 4.29. The van der Waals surface area contributed by atoms with Crippen molar-refractivity contribution >= 4 is 28.1 Å². The Hall–Kier alpha value is -2.97. The number of rotatable bonds is 6. The summed E-state index contributed by atoms with van der Waals surface area (Å²) < 4.78 is 6.08. The van der Waals surface area contributed by atoms with E-state index >= 15 is 0 Å². The molecular formula is C25H22ClNO. The standard InChI is InChI=1S/C25H22ClNO/c1-18-12-13-22(15-25(18)26)27-16-19-6-4-10-23(14-19)28-17-21-9-5-8-20-7-2-3-11-24(20)21/h2-15,27H,16-17H2,1H3. The highest BCUT2D eigenvalue weighted by molar-refractivity contribution is 6.31. The summed E-state index contributed by atoms with van der Waals surface area (Å²) in [4.78, 5) is 0. The molecule has 4 aromatic carbocycles. The molecule has 0 aromatic heterocycles. The van der Waals surface area contributed by atoms with Crippen LogP contribution in [0.15, 0.2) is 84.9 Å². The molecule has 0 heterocycles. The number of benzene rings is 4. The van der Waals surface area contributed by atoms with E-state index in [9.17, 15) is 0 Å². The Morgan fingerprint density at radius 2 is 1.68 bits per heavy atom. The summed E-state index contributed by atoms with van der Waals surface area (Å²) in [6.45, 7) is 3.26. The molecule has 0 saturated heterocycles. The van der Waals surface area contributed by atoms with Crippen LogP contribution in [0.3, 0.4) is 0 Å². The number of nitrogens with one attached hydrogen (secondary N) is 1. The van der Waals surface area contributed by atoms with Crippen LogP contribution in [0.1, 0.15) is 16.7 Å². The number of hydrogen-bond donors (Lipinski definition) is 1. The lowest BCUT2D eigenvalue weighted by Gasteiger charge is -2.11. The minimum absolute atomic E-state index is 0.547. The van der Waals surface area contributed by atoms with Crippen molar-refractivity contribution in [1.29, 1.82) is 0 Å². The molecule has 0 aliphatic heterocycles. The zero-order valence-electron chi connectivity index (χ0n) is 15.8. The fourth-order valence-electron chi connectivity index (χ4n) is 3.23. The quantitative estimate of drug-likeness (QED) is 0.384. The number of halogens is 1. The van der Waals surface area contributed by atoms with Crippen LogP contribution in [0.2, 0.25) is 5.02 Å². The lowest BCUT2D eigenvalue weighted by atomic mass is 10.1. The van der Waals surface area contributed by atoms with Gasteiger partial charge in [0.05, 0.1) is 0 Å². The van der Waals surface area contributed by atoms with Crippen LogP contribution in [-0.2, 0) is 13.2 Å². The smallest absolute Gasteiger partial charge is 0.120 e. The van der Waals surface area contributed by atoms with E-state index in [0.717, 1.165) is 27.6 Å². The van der Waals surface area contributed by atoms with Gasteiger partial charge in [0.2, 0.25) is 0 Å². The maximum atomic E-state index is 6.20. The van der Waals surface area contributed by atoms with Gasteiger partial charge in [-0.3, -0.25) is 0 Å². The molecule has 0 unspecified atom stereocenters. The average Bonchev–Trinajstić information content (AvgIpc) is 2.73. The zero-order valence-corrected chi connectivity index (χ0v) is 16.5. The third-order valence-electron chi connectivity index (χ3n) is 4.84. The molecule has 2 nitrogen and oxygen atoms in total. The number of hydrogen-bond acceptors (Lipinski definition) is 2. The molecule has 0 atom stereocenters. The van der Waals surface area contributed by atoms with E-state index < -0.39 is 0 Å². The van der Waals surface area contributed by atoms with Crippen molar-refractivity contribution < 1.29 is 4.74 Å². The number of ether oxygens (including phenoxy) is 1. The van der Waals surface area contributed by atoms with E-state index in [1.54, 1.807) is 0 Å². The van der Waals surface area contributed by atoms with Crippen LogP contribution in [0.25, 0.3) is 10.8 Å². The van der Waals surface area contributed by atoms with E-state index in [-0.39, 0.29) is 0 Å². The fraction of sp³-hybridized carbons (Fsp3) is 0.120. The molecule has 28 heavy (non-hydrogen) atoms. The van der Waals surface area contributed by atoms with Crippen molar-refractivity contribution in [1.82, 2.24) is 0 Å². The van der Waals surface area contributed by atoms with Gasteiger partial charge in [0, 0.05) is 17.3 Å². The maximum Gasteiger partial charge on any atom is 0.120 e. The van der Waals surface area contributed by atoms with Crippen LogP contribution >= 0.6 is 11.6 Å². The zero-order chi connectivity index (χ0) is 19.3. The van der Waals surface area contributed by atoms with E-state index in [2.05, 4.69) is 59.9 Å². The molecule has 0 bridgehead atoms. The monoisotopic (exact) mass is 387 g/mol. The van der Waals surface area contributed by atoms with E-state index in [1.807, 2.05) is 37.3 Å². The lowest BCUT2D eigenvalue weighted by molar-refractivity contribution is 0.307. The van der Waals surface area contributed by atoms with E-state index in [4.69, 9.17) is 16.3 Å². The molecule has 0 aliphatic rings. The Bertz CT molecular complexity index is 1100. The molecule has 3 heteroatoms. The van der Waals surface area contributed by atoms with Crippen molar-refractivity contribution in [2.24, 2.45) is 0 Å². The highest BCUT2D eigenvalue weighted by atomic mass is 35.5. The van der Waals surface area contributed by atoms with E-state index in [0.29, 0.717) is 13.2 Å². The molecule has 4 rings (SSSR count). The maximum absolute atomic E-state index is 6.20. The molecule has 0 spiro atoms. The summed E-state index contributed by atoms with van der Waals surface area (Å²) in [5, 5.41) is 6.66. The first-order valence-electron chi connectivity index (χ1n) is 9.37. The summed E-state index contributed by atoms with van der Waals surface area (Å²) in [6, 6.07) is 28.9. The highest BCUT2D eigenvalue weighted by Crippen LogP contribution is 2.23. The van der Waals surface area contributed by atoms with E-state index in [1.165, 1.54) is 16.3 Å². The van der Waals surface area contributed by atoms with Crippen molar-refractivity contribution in [3.63, 3.8) is 0 Å². The molecule has 4 aromatic rings.